The highest BCUT2D eigenvalue weighted by molar-refractivity contribution is 6.42. The van der Waals surface area contributed by atoms with Crippen LogP contribution in [0.15, 0.2) is 54.6 Å². The van der Waals surface area contributed by atoms with Crippen LogP contribution in [0.25, 0.3) is 22.3 Å². The van der Waals surface area contributed by atoms with E-state index >= 15 is 0 Å². The van der Waals surface area contributed by atoms with Gasteiger partial charge in [0.25, 0.3) is 5.78 Å². The number of carbonyl (C=O) groups excluding carboxylic acids is 2. The van der Waals surface area contributed by atoms with Gasteiger partial charge in [0.15, 0.2) is 0 Å². The van der Waals surface area contributed by atoms with Crippen molar-refractivity contribution in [3.8, 4) is 22.3 Å². The maximum atomic E-state index is 13.3. The number of aliphatic hydroxyl groups excluding tert-OH is 1. The Morgan fingerprint density at radius 3 is 2.29 bits per heavy atom. The fraction of sp³-hybridized carbons (Fsp3) is 0.280. The first-order valence-electron chi connectivity index (χ1n) is 10.2. The smallest absolute Gasteiger partial charge is 0.381 e. The first-order valence-corrected chi connectivity index (χ1v) is 10.6. The van der Waals surface area contributed by atoms with Crippen LogP contribution in [0.4, 0.5) is 0 Å². The van der Waals surface area contributed by atoms with Gasteiger partial charge in [-0.25, -0.2) is 4.79 Å². The minimum absolute atomic E-state index is 0.105. The lowest BCUT2D eigenvalue weighted by Crippen LogP contribution is -2.23. The van der Waals surface area contributed by atoms with Gasteiger partial charge in [0.2, 0.25) is 0 Å². The van der Waals surface area contributed by atoms with Crippen molar-refractivity contribution in [1.29, 1.82) is 0 Å². The molecule has 6 heteroatoms. The Morgan fingerprint density at radius 2 is 1.68 bits per heavy atom. The van der Waals surface area contributed by atoms with Crippen molar-refractivity contribution < 1.29 is 19.4 Å². The molecule has 160 valence electrons. The Kier molecular flexibility index (Phi) is 5.50. The highest BCUT2D eigenvalue weighted by Gasteiger charge is 2.45. The molecule has 0 spiro atoms. The summed E-state index contributed by atoms with van der Waals surface area (Å²) in [6, 6.07) is 16.7. The summed E-state index contributed by atoms with van der Waals surface area (Å²) in [6.45, 7) is 6.06. The zero-order valence-electron chi connectivity index (χ0n) is 17.7. The number of ketones is 1. The summed E-state index contributed by atoms with van der Waals surface area (Å²) in [7, 11) is 0. The predicted octanol–water partition coefficient (Wildman–Crippen LogP) is 5.29. The molecule has 1 N–H and O–H groups in total. The first kappa shape index (κ1) is 21.3. The second-order valence-electron chi connectivity index (χ2n) is 8.38. The molecular weight excluding hydrogens is 414 g/mol. The number of aliphatic hydroxyl groups is 1. The van der Waals surface area contributed by atoms with Gasteiger partial charge >= 0.3 is 5.97 Å². The molecule has 4 rings (SSSR count). The number of hydrogen-bond acceptors (Lipinski definition) is 4. The summed E-state index contributed by atoms with van der Waals surface area (Å²) in [6.07, 6.45) is -0.808. The lowest BCUT2D eigenvalue weighted by Gasteiger charge is -2.23. The van der Waals surface area contributed by atoms with Gasteiger partial charge in [0.1, 0.15) is 11.8 Å². The summed E-state index contributed by atoms with van der Waals surface area (Å²) < 4.78 is 6.82. The molecule has 3 aromatic rings. The number of nitrogens with zero attached hydrogens (tertiary/aromatic N) is 1. The largest absolute Gasteiger partial charge is 0.460 e. The fourth-order valence-corrected chi connectivity index (χ4v) is 4.40. The third-order valence-electron chi connectivity index (χ3n) is 5.74. The van der Waals surface area contributed by atoms with Crippen LogP contribution in [-0.4, -0.2) is 28.0 Å². The van der Waals surface area contributed by atoms with Crippen molar-refractivity contribution >= 4 is 23.4 Å². The topological polar surface area (TPSA) is 68.5 Å². The average molecular weight is 438 g/mol. The normalized spacial score (nSPS) is 16.7. The number of rotatable bonds is 5. The molecule has 2 heterocycles. The van der Waals surface area contributed by atoms with Gasteiger partial charge < -0.3 is 14.4 Å². The van der Waals surface area contributed by atoms with E-state index in [-0.39, 0.29) is 12.3 Å². The van der Waals surface area contributed by atoms with Crippen molar-refractivity contribution in [3.63, 3.8) is 0 Å². The SMILES string of the molecule is CCOC(=O)C(=O)c1c(-c2ccc(Cl)cc2)c(-c2ccccc2)c2n1CC(C)(C)C2O. The summed E-state index contributed by atoms with van der Waals surface area (Å²) in [5.74, 6) is -1.63. The van der Waals surface area contributed by atoms with E-state index in [0.29, 0.717) is 22.8 Å². The van der Waals surface area contributed by atoms with E-state index in [1.165, 1.54) is 0 Å². The van der Waals surface area contributed by atoms with E-state index < -0.39 is 23.3 Å². The van der Waals surface area contributed by atoms with Gasteiger partial charge in [-0.1, -0.05) is 67.9 Å². The average Bonchev–Trinajstić information content (AvgIpc) is 3.19. The lowest BCUT2D eigenvalue weighted by atomic mass is 9.84. The number of hydrogen-bond donors (Lipinski definition) is 1. The van der Waals surface area contributed by atoms with Crippen molar-refractivity contribution in [1.82, 2.24) is 4.57 Å². The Labute approximate surface area is 186 Å². The van der Waals surface area contributed by atoms with Crippen molar-refractivity contribution in [2.75, 3.05) is 6.61 Å². The van der Waals surface area contributed by atoms with E-state index in [2.05, 4.69) is 0 Å². The molecule has 31 heavy (non-hydrogen) atoms. The number of carbonyl (C=O) groups is 2. The molecule has 0 saturated heterocycles. The van der Waals surface area contributed by atoms with Crippen LogP contribution < -0.4 is 0 Å². The number of esters is 1. The van der Waals surface area contributed by atoms with Crippen LogP contribution in [0, 0.1) is 5.41 Å². The van der Waals surface area contributed by atoms with Crippen LogP contribution in [0.1, 0.15) is 43.1 Å². The highest BCUT2D eigenvalue weighted by atomic mass is 35.5. The predicted molar refractivity (Wildman–Crippen MR) is 120 cm³/mol. The Bertz CT molecular complexity index is 1150. The minimum Gasteiger partial charge on any atom is -0.460 e. The second kappa shape index (κ2) is 7.98. The maximum Gasteiger partial charge on any atom is 0.381 e. The summed E-state index contributed by atoms with van der Waals surface area (Å²) in [5.41, 5.74) is 3.31. The third-order valence-corrected chi connectivity index (χ3v) is 5.99. The molecule has 0 bridgehead atoms. The van der Waals surface area contributed by atoms with E-state index in [9.17, 15) is 14.7 Å². The third kappa shape index (κ3) is 3.58. The summed E-state index contributed by atoms with van der Waals surface area (Å²) >= 11 is 6.10. The molecule has 0 saturated carbocycles. The quantitative estimate of drug-likeness (QED) is 0.334. The molecule has 2 aromatic carbocycles. The minimum atomic E-state index is -0.906. The van der Waals surface area contributed by atoms with Gasteiger partial charge in [0.05, 0.1) is 12.3 Å². The van der Waals surface area contributed by atoms with Crippen LogP contribution in [0.3, 0.4) is 0 Å². The standard InChI is InChI=1S/C25H24ClNO4/c1-4-31-24(30)22(28)20-18(16-10-12-17(26)13-11-16)19(15-8-6-5-7-9-15)21-23(29)25(2,3)14-27(20)21/h5-13,23,29H,4,14H2,1-3H3. The number of halogens is 1. The molecule has 1 unspecified atom stereocenters. The van der Waals surface area contributed by atoms with E-state index in [4.69, 9.17) is 16.3 Å². The monoisotopic (exact) mass is 437 g/mol. The number of aromatic nitrogens is 1. The molecule has 1 aromatic heterocycles. The second-order valence-corrected chi connectivity index (χ2v) is 8.82. The molecule has 0 aliphatic carbocycles. The van der Waals surface area contributed by atoms with Gasteiger partial charge in [-0.3, -0.25) is 4.79 Å². The Morgan fingerprint density at radius 1 is 1.06 bits per heavy atom. The number of fused-ring (bicyclic) bond motifs is 1. The van der Waals surface area contributed by atoms with Gasteiger partial charge in [-0.05, 0) is 30.2 Å². The molecule has 1 atom stereocenters. The van der Waals surface area contributed by atoms with Crippen LogP contribution in [0.2, 0.25) is 5.02 Å². The maximum absolute atomic E-state index is 13.3. The molecule has 1 aliphatic rings. The zero-order valence-corrected chi connectivity index (χ0v) is 18.4. The molecule has 0 amide bonds. The lowest BCUT2D eigenvalue weighted by molar-refractivity contribution is -0.137. The van der Waals surface area contributed by atoms with Crippen molar-refractivity contribution in [3.05, 3.63) is 71.0 Å². The number of ether oxygens (including phenoxy) is 1. The molecular formula is C25H24ClNO4. The molecule has 1 aliphatic heterocycles. The van der Waals surface area contributed by atoms with Crippen LogP contribution >= 0.6 is 11.6 Å². The van der Waals surface area contributed by atoms with Gasteiger partial charge in [-0.2, -0.15) is 0 Å². The fourth-order valence-electron chi connectivity index (χ4n) is 4.27. The van der Waals surface area contributed by atoms with Gasteiger partial charge in [-0.15, -0.1) is 0 Å². The van der Waals surface area contributed by atoms with E-state index in [1.807, 2.05) is 56.3 Å². The molecule has 0 radical (unpaired) electrons. The van der Waals surface area contributed by atoms with Crippen molar-refractivity contribution in [2.45, 2.75) is 33.4 Å². The van der Waals surface area contributed by atoms with Crippen LogP contribution in [0.5, 0.6) is 0 Å². The molecule has 0 fully saturated rings. The van der Waals surface area contributed by atoms with E-state index in [0.717, 1.165) is 16.7 Å². The zero-order chi connectivity index (χ0) is 22.3. The summed E-state index contributed by atoms with van der Waals surface area (Å²) in [4.78, 5) is 25.8. The van der Waals surface area contributed by atoms with Crippen molar-refractivity contribution in [2.24, 2.45) is 5.41 Å². The Hall–Kier alpha value is -2.89. The van der Waals surface area contributed by atoms with E-state index in [1.54, 1.807) is 23.6 Å². The molecule has 5 nitrogen and oxygen atoms in total. The summed E-state index contributed by atoms with van der Waals surface area (Å²) in [5, 5.41) is 11.8. The number of benzene rings is 2. The number of Topliss-reactive ketones (excluding diaryl/α,β-unsaturated/α-hetero) is 1. The highest BCUT2D eigenvalue weighted by Crippen LogP contribution is 2.52. The first-order chi connectivity index (χ1) is 14.8. The van der Waals surface area contributed by atoms with Gasteiger partial charge in [0, 0.05) is 28.1 Å². The Balaban J connectivity index is 2.09. The van der Waals surface area contributed by atoms with Crippen LogP contribution in [-0.2, 0) is 16.1 Å².